The lowest BCUT2D eigenvalue weighted by Gasteiger charge is -2.24. The van der Waals surface area contributed by atoms with Crippen LogP contribution in [-0.2, 0) is 17.6 Å². The molecule has 154 valence electrons. The van der Waals surface area contributed by atoms with E-state index in [4.69, 9.17) is 5.11 Å². The summed E-state index contributed by atoms with van der Waals surface area (Å²) >= 11 is 0. The summed E-state index contributed by atoms with van der Waals surface area (Å²) in [5.74, 6) is -2.14. The Balaban J connectivity index is 1.51. The van der Waals surface area contributed by atoms with Crippen molar-refractivity contribution in [2.24, 2.45) is 5.92 Å². The van der Waals surface area contributed by atoms with Gasteiger partial charge in [-0.15, -0.1) is 13.2 Å². The fourth-order valence-corrected chi connectivity index (χ4v) is 3.98. The van der Waals surface area contributed by atoms with Crippen LogP contribution in [0.2, 0.25) is 0 Å². The van der Waals surface area contributed by atoms with Gasteiger partial charge in [-0.3, -0.25) is 4.79 Å². The summed E-state index contributed by atoms with van der Waals surface area (Å²) in [5.41, 5.74) is 3.24. The molecule has 1 N–H and O–H groups in total. The molecule has 2 aromatic carbocycles. The summed E-state index contributed by atoms with van der Waals surface area (Å²) in [7, 11) is 0. The standard InChI is InChI=1S/C21H19F4NO3/c22-18-4-3-15(29-21(23,24)25)10-19(18)26-7-5-12-1-2-14(9-13(12)6-8-26)16-11-17(16)20(27)28/h1-4,9-10,16-17H,5-8,11H2,(H,27,28). The third-order valence-corrected chi connectivity index (χ3v) is 5.56. The first-order chi connectivity index (χ1) is 13.7. The Morgan fingerprint density at radius 3 is 2.45 bits per heavy atom. The summed E-state index contributed by atoms with van der Waals surface area (Å²) in [6, 6.07) is 8.95. The number of aliphatic carboxylic acids is 1. The highest BCUT2D eigenvalue weighted by atomic mass is 19.4. The summed E-state index contributed by atoms with van der Waals surface area (Å²) < 4.78 is 55.7. The van der Waals surface area contributed by atoms with Gasteiger partial charge in [0.25, 0.3) is 0 Å². The molecule has 1 saturated carbocycles. The Hall–Kier alpha value is -2.77. The van der Waals surface area contributed by atoms with E-state index in [-0.39, 0.29) is 17.5 Å². The van der Waals surface area contributed by atoms with Crippen molar-refractivity contribution >= 4 is 11.7 Å². The molecule has 2 aliphatic rings. The van der Waals surface area contributed by atoms with E-state index >= 15 is 0 Å². The van der Waals surface area contributed by atoms with Gasteiger partial charge < -0.3 is 14.7 Å². The zero-order valence-electron chi connectivity index (χ0n) is 15.4. The molecule has 1 heterocycles. The average Bonchev–Trinajstić information content (AvgIpc) is 3.45. The van der Waals surface area contributed by atoms with Gasteiger partial charge in [0.1, 0.15) is 11.6 Å². The maximum absolute atomic E-state index is 14.3. The largest absolute Gasteiger partial charge is 0.573 e. The minimum atomic E-state index is -4.84. The van der Waals surface area contributed by atoms with Gasteiger partial charge >= 0.3 is 12.3 Å². The predicted octanol–water partition coefficient (Wildman–Crippen LogP) is 4.52. The van der Waals surface area contributed by atoms with Gasteiger partial charge in [0.2, 0.25) is 0 Å². The average molecular weight is 409 g/mol. The quantitative estimate of drug-likeness (QED) is 0.755. The maximum atomic E-state index is 14.3. The van der Waals surface area contributed by atoms with Crippen molar-refractivity contribution in [1.29, 1.82) is 0 Å². The van der Waals surface area contributed by atoms with Crippen molar-refractivity contribution in [3.05, 3.63) is 58.9 Å². The molecule has 0 amide bonds. The normalized spacial score (nSPS) is 21.3. The van der Waals surface area contributed by atoms with Crippen LogP contribution < -0.4 is 9.64 Å². The van der Waals surface area contributed by atoms with Crippen LogP contribution in [0.4, 0.5) is 23.2 Å². The highest BCUT2D eigenvalue weighted by Crippen LogP contribution is 2.48. The molecule has 2 aromatic rings. The number of halogens is 4. The molecule has 2 unspecified atom stereocenters. The predicted molar refractivity (Wildman–Crippen MR) is 97.6 cm³/mol. The zero-order valence-corrected chi connectivity index (χ0v) is 15.4. The van der Waals surface area contributed by atoms with E-state index in [1.807, 2.05) is 18.2 Å². The molecule has 2 atom stereocenters. The summed E-state index contributed by atoms with van der Waals surface area (Å²) in [6.07, 6.45) is -2.99. The van der Waals surface area contributed by atoms with Crippen LogP contribution in [0.25, 0.3) is 0 Å². The molecule has 0 bridgehead atoms. The second-order valence-electron chi connectivity index (χ2n) is 7.46. The van der Waals surface area contributed by atoms with Crippen LogP contribution in [0.15, 0.2) is 36.4 Å². The number of anilines is 1. The van der Waals surface area contributed by atoms with Gasteiger partial charge in [0.05, 0.1) is 11.6 Å². The minimum Gasteiger partial charge on any atom is -0.481 e. The van der Waals surface area contributed by atoms with Crippen LogP contribution in [0, 0.1) is 11.7 Å². The summed E-state index contributed by atoms with van der Waals surface area (Å²) in [4.78, 5) is 12.8. The van der Waals surface area contributed by atoms with E-state index in [0.29, 0.717) is 32.4 Å². The van der Waals surface area contributed by atoms with E-state index in [1.165, 1.54) is 0 Å². The maximum Gasteiger partial charge on any atom is 0.573 e. The zero-order chi connectivity index (χ0) is 20.8. The molecule has 0 spiro atoms. The van der Waals surface area contributed by atoms with Crippen LogP contribution in [0.5, 0.6) is 5.75 Å². The van der Waals surface area contributed by atoms with Crippen LogP contribution >= 0.6 is 0 Å². The van der Waals surface area contributed by atoms with Crippen molar-refractivity contribution in [3.8, 4) is 5.75 Å². The number of carboxylic acid groups (broad SMARTS) is 1. The van der Waals surface area contributed by atoms with Crippen molar-refractivity contribution in [3.63, 3.8) is 0 Å². The number of ether oxygens (including phenoxy) is 1. The number of alkyl halides is 3. The molecular weight excluding hydrogens is 390 g/mol. The van der Waals surface area contributed by atoms with Gasteiger partial charge in [-0.2, -0.15) is 0 Å². The molecule has 0 saturated heterocycles. The molecule has 4 nitrogen and oxygen atoms in total. The Kier molecular flexibility index (Phi) is 4.88. The van der Waals surface area contributed by atoms with Gasteiger partial charge in [-0.25, -0.2) is 4.39 Å². The number of fused-ring (bicyclic) bond motifs is 1. The number of rotatable bonds is 4. The molecular formula is C21H19F4NO3. The third-order valence-electron chi connectivity index (χ3n) is 5.56. The number of carbonyl (C=O) groups is 1. The molecule has 1 aliphatic carbocycles. The Morgan fingerprint density at radius 2 is 1.79 bits per heavy atom. The smallest absolute Gasteiger partial charge is 0.481 e. The Bertz CT molecular complexity index is 944. The van der Waals surface area contributed by atoms with E-state index in [0.717, 1.165) is 34.9 Å². The lowest BCUT2D eigenvalue weighted by molar-refractivity contribution is -0.274. The topological polar surface area (TPSA) is 49.8 Å². The van der Waals surface area contributed by atoms with Crippen molar-refractivity contribution < 1.29 is 32.2 Å². The Labute approximate surface area is 164 Å². The van der Waals surface area contributed by atoms with Crippen molar-refractivity contribution in [2.45, 2.75) is 31.5 Å². The molecule has 4 rings (SSSR count). The second kappa shape index (κ2) is 7.24. The molecule has 0 radical (unpaired) electrons. The Morgan fingerprint density at radius 1 is 1.07 bits per heavy atom. The molecule has 8 heteroatoms. The third kappa shape index (κ3) is 4.31. The number of carboxylic acids is 1. The first-order valence-corrected chi connectivity index (χ1v) is 9.36. The van der Waals surface area contributed by atoms with Crippen LogP contribution in [0.3, 0.4) is 0 Å². The first-order valence-electron chi connectivity index (χ1n) is 9.36. The fourth-order valence-electron chi connectivity index (χ4n) is 3.98. The van der Waals surface area contributed by atoms with E-state index in [9.17, 15) is 22.4 Å². The van der Waals surface area contributed by atoms with Crippen molar-refractivity contribution in [2.75, 3.05) is 18.0 Å². The second-order valence-corrected chi connectivity index (χ2v) is 7.46. The van der Waals surface area contributed by atoms with Crippen LogP contribution in [0.1, 0.15) is 29.0 Å². The number of nitrogens with zero attached hydrogens (tertiary/aromatic N) is 1. The number of benzene rings is 2. The lowest BCUT2D eigenvalue weighted by atomic mass is 9.97. The van der Waals surface area contributed by atoms with E-state index < -0.39 is 23.9 Å². The van der Waals surface area contributed by atoms with Gasteiger partial charge in [0.15, 0.2) is 0 Å². The molecule has 29 heavy (non-hydrogen) atoms. The molecule has 1 fully saturated rings. The SMILES string of the molecule is O=C(O)C1CC1c1ccc2c(c1)CCN(c1cc(OC(F)(F)F)ccc1F)CC2. The van der Waals surface area contributed by atoms with Gasteiger partial charge in [-0.05, 0) is 54.0 Å². The number of hydrogen-bond donors (Lipinski definition) is 1. The monoisotopic (exact) mass is 409 g/mol. The summed E-state index contributed by atoms with van der Waals surface area (Å²) in [6.45, 7) is 0.899. The first kappa shape index (κ1) is 19.5. The highest BCUT2D eigenvalue weighted by molar-refractivity contribution is 5.75. The van der Waals surface area contributed by atoms with Crippen molar-refractivity contribution in [1.82, 2.24) is 0 Å². The lowest BCUT2D eigenvalue weighted by Crippen LogP contribution is -2.27. The van der Waals surface area contributed by atoms with E-state index in [1.54, 1.807) is 4.90 Å². The van der Waals surface area contributed by atoms with Gasteiger partial charge in [-0.1, -0.05) is 18.2 Å². The number of hydrogen-bond acceptors (Lipinski definition) is 3. The van der Waals surface area contributed by atoms with Gasteiger partial charge in [0, 0.05) is 19.2 Å². The molecule has 1 aliphatic heterocycles. The van der Waals surface area contributed by atoms with Crippen LogP contribution in [-0.4, -0.2) is 30.5 Å². The molecule has 0 aromatic heterocycles. The fraction of sp³-hybridized carbons (Fsp3) is 0.381. The highest BCUT2D eigenvalue weighted by Gasteiger charge is 2.44. The minimum absolute atomic E-state index is 0.0331. The van der Waals surface area contributed by atoms with E-state index in [2.05, 4.69) is 4.74 Å². The summed E-state index contributed by atoms with van der Waals surface area (Å²) in [5, 5.41) is 9.13.